The first-order valence-corrected chi connectivity index (χ1v) is 12.0. The zero-order chi connectivity index (χ0) is 23.1. The average Bonchev–Trinajstić information content (AvgIpc) is 2.71. The number of sulfonamides is 1. The molecule has 3 heterocycles. The van der Waals surface area contributed by atoms with Gasteiger partial charge in [0.1, 0.15) is 0 Å². The molecule has 7 nitrogen and oxygen atoms in total. The van der Waals surface area contributed by atoms with Gasteiger partial charge in [0.2, 0.25) is 10.0 Å². The fraction of sp³-hybridized carbons (Fsp3) is 0.700. The number of alkyl halides is 3. The van der Waals surface area contributed by atoms with Gasteiger partial charge in [0, 0.05) is 25.8 Å². The van der Waals surface area contributed by atoms with Crippen LogP contribution >= 0.6 is 0 Å². The molecule has 0 amide bonds. The van der Waals surface area contributed by atoms with E-state index in [2.05, 4.69) is 16.0 Å². The molecule has 1 aromatic heterocycles. The monoisotopic (exact) mass is 465 g/mol. The molecule has 31 heavy (non-hydrogen) atoms. The highest BCUT2D eigenvalue weighted by Gasteiger charge is 2.40. The summed E-state index contributed by atoms with van der Waals surface area (Å²) in [4.78, 5) is 15.8. The Labute approximate surface area is 181 Å². The maximum Gasteiger partial charge on any atom is 0.490 e. The molecule has 2 aliphatic heterocycles. The third kappa shape index (κ3) is 7.73. The number of pyridine rings is 1. The minimum absolute atomic E-state index is 0.290. The Balaban J connectivity index is 0.000000423. The number of carboxylic acids is 1. The average molecular weight is 466 g/mol. The molecule has 0 aromatic carbocycles. The predicted molar refractivity (Wildman–Crippen MR) is 110 cm³/mol. The summed E-state index contributed by atoms with van der Waals surface area (Å²) in [6, 6.07) is 6.08. The van der Waals surface area contributed by atoms with Crippen molar-refractivity contribution in [2.45, 2.75) is 51.7 Å². The normalized spacial score (nSPS) is 20.1. The largest absolute Gasteiger partial charge is 0.490 e. The molecule has 1 spiro atoms. The van der Waals surface area contributed by atoms with E-state index in [0.29, 0.717) is 24.9 Å². The van der Waals surface area contributed by atoms with Gasteiger partial charge in [-0.05, 0) is 62.7 Å². The van der Waals surface area contributed by atoms with E-state index < -0.39 is 22.2 Å². The topological polar surface area (TPSA) is 90.8 Å². The number of aromatic nitrogens is 1. The zero-order valence-corrected chi connectivity index (χ0v) is 18.5. The molecule has 0 radical (unpaired) electrons. The number of hydrogen-bond donors (Lipinski definition) is 1. The van der Waals surface area contributed by atoms with Gasteiger partial charge < -0.3 is 5.11 Å². The first-order valence-electron chi connectivity index (χ1n) is 10.4. The number of carboxylic acid groups (broad SMARTS) is 1. The van der Waals surface area contributed by atoms with Gasteiger partial charge in [0.25, 0.3) is 0 Å². The molecule has 0 bridgehead atoms. The van der Waals surface area contributed by atoms with Crippen molar-refractivity contribution in [3.63, 3.8) is 0 Å². The molecular formula is C20H30F3N3O4S. The molecule has 0 unspecified atom stereocenters. The smallest absolute Gasteiger partial charge is 0.475 e. The first-order chi connectivity index (χ1) is 14.5. The Morgan fingerprint density at radius 2 is 1.68 bits per heavy atom. The van der Waals surface area contributed by atoms with Crippen molar-refractivity contribution >= 4 is 16.0 Å². The Bertz CT molecular complexity index is 801. The van der Waals surface area contributed by atoms with Gasteiger partial charge in [-0.25, -0.2) is 17.5 Å². The second-order valence-electron chi connectivity index (χ2n) is 8.12. The van der Waals surface area contributed by atoms with Crippen LogP contribution in [0.5, 0.6) is 0 Å². The van der Waals surface area contributed by atoms with E-state index in [1.54, 1.807) is 4.31 Å². The maximum absolute atomic E-state index is 12.2. The molecule has 2 aliphatic rings. The third-order valence-electron chi connectivity index (χ3n) is 5.91. The molecule has 0 atom stereocenters. The summed E-state index contributed by atoms with van der Waals surface area (Å²) in [5.74, 6) is -2.47. The lowest BCUT2D eigenvalue weighted by atomic mass is 9.71. The van der Waals surface area contributed by atoms with Gasteiger partial charge in [0.05, 0.1) is 11.4 Å². The molecule has 1 N–H and O–H groups in total. The summed E-state index contributed by atoms with van der Waals surface area (Å²) in [6.07, 6.45) is 1.88. The van der Waals surface area contributed by atoms with E-state index in [0.717, 1.165) is 38.2 Å². The minimum atomic E-state index is -5.08. The molecule has 11 heteroatoms. The second-order valence-corrected chi connectivity index (χ2v) is 10.2. The van der Waals surface area contributed by atoms with Gasteiger partial charge in [-0.1, -0.05) is 13.0 Å². The summed E-state index contributed by atoms with van der Waals surface area (Å²) in [6.45, 7) is 6.47. The van der Waals surface area contributed by atoms with E-state index in [9.17, 15) is 21.6 Å². The second kappa shape index (κ2) is 10.7. The molecule has 176 valence electrons. The third-order valence-corrected chi connectivity index (χ3v) is 7.99. The number of nitrogens with zero attached hydrogens (tertiary/aromatic N) is 3. The Hall–Kier alpha value is -1.72. The maximum atomic E-state index is 12.2. The van der Waals surface area contributed by atoms with E-state index >= 15 is 0 Å². The van der Waals surface area contributed by atoms with E-state index in [-0.39, 0.29) is 5.75 Å². The lowest BCUT2D eigenvalue weighted by Crippen LogP contribution is -2.48. The van der Waals surface area contributed by atoms with E-state index in [1.807, 2.05) is 25.3 Å². The first kappa shape index (κ1) is 25.5. The SMILES string of the molecule is CCCS(=O)(=O)N1CCC2(CCN(Cc3ccccn3)CC2)CC1.O=C(O)C(F)(F)F. The Morgan fingerprint density at radius 1 is 1.13 bits per heavy atom. The van der Waals surface area contributed by atoms with Crippen molar-refractivity contribution in [2.24, 2.45) is 5.41 Å². The van der Waals surface area contributed by atoms with Crippen molar-refractivity contribution in [3.8, 4) is 0 Å². The number of halogens is 3. The molecular weight excluding hydrogens is 435 g/mol. The lowest BCUT2D eigenvalue weighted by molar-refractivity contribution is -0.192. The van der Waals surface area contributed by atoms with Gasteiger partial charge in [-0.3, -0.25) is 9.88 Å². The van der Waals surface area contributed by atoms with Gasteiger partial charge in [-0.15, -0.1) is 0 Å². The lowest BCUT2D eigenvalue weighted by Gasteiger charge is -2.46. The van der Waals surface area contributed by atoms with Crippen molar-refractivity contribution in [2.75, 3.05) is 31.9 Å². The van der Waals surface area contributed by atoms with Crippen molar-refractivity contribution < 1.29 is 31.5 Å². The summed E-state index contributed by atoms with van der Waals surface area (Å²) >= 11 is 0. The molecule has 0 saturated carbocycles. The molecule has 3 rings (SSSR count). The van der Waals surface area contributed by atoms with Crippen LogP contribution in [0.4, 0.5) is 13.2 Å². The fourth-order valence-corrected chi connectivity index (χ4v) is 5.55. The molecule has 2 saturated heterocycles. The Morgan fingerprint density at radius 3 is 2.13 bits per heavy atom. The minimum Gasteiger partial charge on any atom is -0.475 e. The number of rotatable bonds is 5. The van der Waals surface area contributed by atoms with Gasteiger partial charge >= 0.3 is 12.1 Å². The van der Waals surface area contributed by atoms with Crippen molar-refractivity contribution in [1.82, 2.24) is 14.2 Å². The number of carbonyl (C=O) groups is 1. The highest BCUT2D eigenvalue weighted by molar-refractivity contribution is 7.89. The fourth-order valence-electron chi connectivity index (χ4n) is 4.03. The van der Waals surface area contributed by atoms with Crippen LogP contribution < -0.4 is 0 Å². The number of hydrogen-bond acceptors (Lipinski definition) is 5. The van der Waals surface area contributed by atoms with Crippen molar-refractivity contribution in [3.05, 3.63) is 30.1 Å². The van der Waals surface area contributed by atoms with Crippen LogP contribution in [0.15, 0.2) is 24.4 Å². The van der Waals surface area contributed by atoms with Crippen molar-refractivity contribution in [1.29, 1.82) is 0 Å². The van der Waals surface area contributed by atoms with Gasteiger partial charge in [-0.2, -0.15) is 13.2 Å². The number of piperidine rings is 2. The quantitative estimate of drug-likeness (QED) is 0.719. The van der Waals surface area contributed by atoms with Crippen LogP contribution in [0.2, 0.25) is 0 Å². The standard InChI is InChI=1S/C18H29N3O2S.C2HF3O2/c1-2-15-24(22,23)21-13-8-18(9-14-21)6-11-20(12-7-18)16-17-5-3-4-10-19-17;3-2(4,5)1(6)7/h3-5,10H,2,6-9,11-16H2,1H3;(H,6,7). The zero-order valence-electron chi connectivity index (χ0n) is 17.6. The van der Waals surface area contributed by atoms with Gasteiger partial charge in [0.15, 0.2) is 0 Å². The molecule has 1 aromatic rings. The van der Waals surface area contributed by atoms with Crippen LogP contribution in [-0.2, 0) is 21.4 Å². The highest BCUT2D eigenvalue weighted by atomic mass is 32.2. The predicted octanol–water partition coefficient (Wildman–Crippen LogP) is 3.13. The van der Waals surface area contributed by atoms with E-state index in [4.69, 9.17) is 9.90 Å². The number of likely N-dealkylation sites (tertiary alicyclic amines) is 1. The van der Waals surface area contributed by atoms with Crippen LogP contribution in [0, 0.1) is 5.41 Å². The highest BCUT2D eigenvalue weighted by Crippen LogP contribution is 2.42. The van der Waals surface area contributed by atoms with E-state index in [1.165, 1.54) is 12.8 Å². The Kier molecular flexibility index (Phi) is 8.84. The summed E-state index contributed by atoms with van der Waals surface area (Å²) < 4.78 is 57.9. The summed E-state index contributed by atoms with van der Waals surface area (Å²) in [5, 5.41) is 7.12. The summed E-state index contributed by atoms with van der Waals surface area (Å²) in [5.41, 5.74) is 1.49. The van der Waals surface area contributed by atoms with Crippen LogP contribution in [0.1, 0.15) is 44.7 Å². The molecule has 2 fully saturated rings. The molecule has 0 aliphatic carbocycles. The van der Waals surface area contributed by atoms with Crippen LogP contribution in [-0.4, -0.2) is 71.8 Å². The van der Waals surface area contributed by atoms with Crippen LogP contribution in [0.3, 0.4) is 0 Å². The number of aliphatic carboxylic acids is 1. The van der Waals surface area contributed by atoms with Crippen LogP contribution in [0.25, 0.3) is 0 Å². The summed E-state index contributed by atoms with van der Waals surface area (Å²) in [7, 11) is -3.03.